The van der Waals surface area contributed by atoms with Crippen molar-refractivity contribution < 1.29 is 9.21 Å². The molecule has 31 heavy (non-hydrogen) atoms. The third kappa shape index (κ3) is 3.60. The lowest BCUT2D eigenvalue weighted by atomic mass is 9.96. The van der Waals surface area contributed by atoms with Crippen LogP contribution in [0.1, 0.15) is 35.8 Å². The number of likely N-dealkylation sites (tertiary alicyclic amines) is 1. The molecule has 1 aromatic carbocycles. The van der Waals surface area contributed by atoms with Crippen molar-refractivity contribution in [1.82, 2.24) is 35.1 Å². The van der Waals surface area contributed by atoms with Gasteiger partial charge < -0.3 is 14.6 Å². The number of amides is 1. The zero-order valence-electron chi connectivity index (χ0n) is 17.3. The molecule has 158 valence electrons. The van der Waals surface area contributed by atoms with Gasteiger partial charge in [-0.3, -0.25) is 4.79 Å². The number of hydrogen-bond acceptors (Lipinski definition) is 8. The second-order valence-corrected chi connectivity index (χ2v) is 7.67. The highest BCUT2D eigenvalue weighted by Crippen LogP contribution is 2.26. The van der Waals surface area contributed by atoms with E-state index < -0.39 is 0 Å². The fraction of sp³-hybridized carbons (Fsp3) is 0.333. The summed E-state index contributed by atoms with van der Waals surface area (Å²) in [5.41, 5.74) is 2.75. The van der Waals surface area contributed by atoms with Crippen LogP contribution in [0.25, 0.3) is 16.9 Å². The number of pyridine rings is 1. The van der Waals surface area contributed by atoms with Crippen molar-refractivity contribution in [3.05, 3.63) is 54.0 Å². The summed E-state index contributed by atoms with van der Waals surface area (Å²) in [6.07, 6.45) is 3.10. The van der Waals surface area contributed by atoms with Crippen molar-refractivity contribution in [3.63, 3.8) is 0 Å². The lowest BCUT2D eigenvalue weighted by Gasteiger charge is -2.39. The first-order valence-electron chi connectivity index (χ1n) is 10.2. The van der Waals surface area contributed by atoms with Gasteiger partial charge in [-0.15, -0.1) is 15.0 Å². The minimum Gasteiger partial charge on any atom is -0.424 e. The molecule has 10 nitrogen and oxygen atoms in total. The molecule has 1 amide bonds. The summed E-state index contributed by atoms with van der Waals surface area (Å²) in [4.78, 5) is 25.6. The zero-order chi connectivity index (χ0) is 21.4. The summed E-state index contributed by atoms with van der Waals surface area (Å²) < 4.78 is 5.82. The number of aryl methyl sites for hydroxylation is 1. The van der Waals surface area contributed by atoms with Crippen LogP contribution in [0.2, 0.25) is 0 Å². The molecule has 4 aromatic rings. The molecule has 0 saturated carbocycles. The Balaban J connectivity index is 1.40. The van der Waals surface area contributed by atoms with Crippen molar-refractivity contribution in [2.24, 2.45) is 0 Å². The highest BCUT2D eigenvalue weighted by Gasteiger charge is 2.34. The van der Waals surface area contributed by atoms with Gasteiger partial charge in [0.1, 0.15) is 5.52 Å². The molecular weight excluding hydrogens is 396 g/mol. The maximum Gasteiger partial charge on any atom is 0.295 e. The molecule has 1 saturated heterocycles. The highest BCUT2D eigenvalue weighted by molar-refractivity contribution is 5.97. The molecule has 1 N–H and O–H groups in total. The first-order valence-corrected chi connectivity index (χ1v) is 10.2. The maximum absolute atomic E-state index is 13.5. The van der Waals surface area contributed by atoms with Gasteiger partial charge in [-0.1, -0.05) is 12.1 Å². The Bertz CT molecular complexity index is 1190. The number of piperidine rings is 1. The minimum absolute atomic E-state index is 0.0112. The summed E-state index contributed by atoms with van der Waals surface area (Å²) >= 11 is 0. The molecule has 2 atom stereocenters. The van der Waals surface area contributed by atoms with Crippen LogP contribution in [-0.4, -0.2) is 59.6 Å². The van der Waals surface area contributed by atoms with Crippen molar-refractivity contribution in [3.8, 4) is 5.82 Å². The first-order chi connectivity index (χ1) is 15.1. The lowest BCUT2D eigenvalue weighted by Crippen LogP contribution is -2.52. The maximum atomic E-state index is 13.5. The summed E-state index contributed by atoms with van der Waals surface area (Å²) in [7, 11) is 0. The monoisotopic (exact) mass is 418 g/mol. The van der Waals surface area contributed by atoms with E-state index in [2.05, 4.69) is 30.7 Å². The third-order valence-electron chi connectivity index (χ3n) is 5.63. The molecule has 10 heteroatoms. The number of oxazole rings is 1. The number of nitrogens with one attached hydrogen (secondary N) is 1. The van der Waals surface area contributed by atoms with E-state index in [4.69, 9.17) is 4.42 Å². The molecule has 0 radical (unpaired) electrons. The standard InChI is InChI=1S/C21H22N8O2/c1-13-9-10-15(19(24-13)29-23-12-22-27-29)20(30)28-11-5-7-16(14(28)2)25-21-26-17-6-3-4-8-18(17)31-21/h3-4,6,8-10,12,14,16H,5,7,11H2,1-2H3,(H,25,26)/t14-,16+/m0/s1. The second kappa shape index (κ2) is 7.78. The summed E-state index contributed by atoms with van der Waals surface area (Å²) in [6, 6.07) is 11.6. The molecule has 4 heterocycles. The van der Waals surface area contributed by atoms with E-state index in [1.54, 1.807) is 6.07 Å². The number of anilines is 1. The average Bonchev–Trinajstić information content (AvgIpc) is 3.44. The van der Waals surface area contributed by atoms with Gasteiger partial charge in [-0.05, 0) is 56.2 Å². The van der Waals surface area contributed by atoms with E-state index >= 15 is 0 Å². The Kier molecular flexibility index (Phi) is 4.81. The molecule has 0 bridgehead atoms. The molecule has 1 fully saturated rings. The number of tetrazole rings is 1. The van der Waals surface area contributed by atoms with Crippen LogP contribution in [-0.2, 0) is 0 Å². The molecule has 5 rings (SSSR count). The quantitative estimate of drug-likeness (QED) is 0.538. The number of nitrogens with zero attached hydrogens (tertiary/aromatic N) is 7. The number of para-hydroxylation sites is 2. The zero-order valence-corrected chi connectivity index (χ0v) is 17.3. The normalized spacial score (nSPS) is 19.0. The number of carbonyl (C=O) groups is 1. The van der Waals surface area contributed by atoms with Crippen LogP contribution in [0.5, 0.6) is 0 Å². The van der Waals surface area contributed by atoms with Gasteiger partial charge in [0.2, 0.25) is 0 Å². The smallest absolute Gasteiger partial charge is 0.295 e. The van der Waals surface area contributed by atoms with Gasteiger partial charge in [0.05, 0.1) is 11.6 Å². The molecule has 0 spiro atoms. The summed E-state index contributed by atoms with van der Waals surface area (Å²) in [6.45, 7) is 4.55. The van der Waals surface area contributed by atoms with Crippen LogP contribution >= 0.6 is 0 Å². The summed E-state index contributed by atoms with van der Waals surface area (Å²) in [5.74, 6) is 0.264. The van der Waals surface area contributed by atoms with Crippen molar-refractivity contribution in [2.75, 3.05) is 11.9 Å². The molecule has 0 aliphatic carbocycles. The number of hydrogen-bond donors (Lipinski definition) is 1. The van der Waals surface area contributed by atoms with E-state index in [0.29, 0.717) is 23.9 Å². The SMILES string of the molecule is Cc1ccc(C(=O)N2CCC[C@@H](Nc3nc4ccccc4o3)[C@@H]2C)c(-n2ncnn2)n1. The third-order valence-corrected chi connectivity index (χ3v) is 5.63. The average molecular weight is 418 g/mol. The van der Waals surface area contributed by atoms with E-state index in [9.17, 15) is 4.79 Å². The summed E-state index contributed by atoms with van der Waals surface area (Å²) in [5, 5.41) is 15.1. The van der Waals surface area contributed by atoms with Crippen molar-refractivity contribution >= 4 is 23.0 Å². The minimum atomic E-state index is -0.114. The highest BCUT2D eigenvalue weighted by atomic mass is 16.4. The van der Waals surface area contributed by atoms with E-state index in [1.165, 1.54) is 11.1 Å². The van der Waals surface area contributed by atoms with Crippen LogP contribution in [0.3, 0.4) is 0 Å². The van der Waals surface area contributed by atoms with Gasteiger partial charge in [0.15, 0.2) is 17.7 Å². The Morgan fingerprint density at radius 1 is 1.19 bits per heavy atom. The fourth-order valence-corrected chi connectivity index (χ4v) is 4.00. The largest absolute Gasteiger partial charge is 0.424 e. The van der Waals surface area contributed by atoms with Gasteiger partial charge in [0, 0.05) is 18.3 Å². The Morgan fingerprint density at radius 3 is 2.87 bits per heavy atom. The van der Waals surface area contributed by atoms with E-state index in [1.807, 2.05) is 49.1 Å². The number of fused-ring (bicyclic) bond motifs is 1. The number of carbonyl (C=O) groups excluding carboxylic acids is 1. The van der Waals surface area contributed by atoms with Crippen LogP contribution in [0.4, 0.5) is 6.01 Å². The van der Waals surface area contributed by atoms with E-state index in [0.717, 1.165) is 29.6 Å². The molecule has 0 unspecified atom stereocenters. The van der Waals surface area contributed by atoms with Crippen molar-refractivity contribution in [2.45, 2.75) is 38.8 Å². The molecule has 3 aromatic heterocycles. The topological polar surface area (TPSA) is 115 Å². The van der Waals surface area contributed by atoms with Crippen LogP contribution in [0.15, 0.2) is 47.1 Å². The van der Waals surface area contributed by atoms with Gasteiger partial charge in [-0.25, -0.2) is 4.98 Å². The molecular formula is C21H22N8O2. The lowest BCUT2D eigenvalue weighted by molar-refractivity contribution is 0.0614. The van der Waals surface area contributed by atoms with Gasteiger partial charge in [0.25, 0.3) is 11.9 Å². The first kappa shape index (κ1) is 19.2. The predicted molar refractivity (Wildman–Crippen MR) is 113 cm³/mol. The van der Waals surface area contributed by atoms with Gasteiger partial charge in [-0.2, -0.15) is 4.98 Å². The fourth-order valence-electron chi connectivity index (χ4n) is 4.00. The van der Waals surface area contributed by atoms with Crippen LogP contribution < -0.4 is 5.32 Å². The molecule has 1 aliphatic heterocycles. The van der Waals surface area contributed by atoms with Crippen LogP contribution in [0, 0.1) is 6.92 Å². The predicted octanol–water partition coefficient (Wildman–Crippen LogP) is 2.61. The number of benzene rings is 1. The Morgan fingerprint density at radius 2 is 2.06 bits per heavy atom. The molecule has 1 aliphatic rings. The van der Waals surface area contributed by atoms with Gasteiger partial charge >= 0.3 is 0 Å². The van der Waals surface area contributed by atoms with Crippen molar-refractivity contribution in [1.29, 1.82) is 0 Å². The van der Waals surface area contributed by atoms with E-state index in [-0.39, 0.29) is 18.0 Å². The number of rotatable bonds is 4. The Labute approximate surface area is 178 Å². The Hall–Kier alpha value is -3.82. The second-order valence-electron chi connectivity index (χ2n) is 7.67. The number of aromatic nitrogens is 6.